The van der Waals surface area contributed by atoms with Gasteiger partial charge in [-0.25, -0.2) is 4.98 Å². The van der Waals surface area contributed by atoms with E-state index in [2.05, 4.69) is 15.0 Å². The van der Waals surface area contributed by atoms with E-state index in [9.17, 15) is 9.59 Å². The van der Waals surface area contributed by atoms with Crippen LogP contribution in [0.15, 0.2) is 53.6 Å². The SMILES string of the molecule is CCN(Cc1nc2ccccc2c(=O)[nH]1)C(=O)c1cccnc1. The van der Waals surface area contributed by atoms with Crippen LogP contribution in [0, 0.1) is 0 Å². The van der Waals surface area contributed by atoms with Crippen LogP contribution >= 0.6 is 0 Å². The lowest BCUT2D eigenvalue weighted by Gasteiger charge is -2.20. The summed E-state index contributed by atoms with van der Waals surface area (Å²) in [6, 6.07) is 10.6. The number of amides is 1. The second-order valence-electron chi connectivity index (χ2n) is 5.09. The average molecular weight is 308 g/mol. The maximum absolute atomic E-state index is 12.5. The molecule has 23 heavy (non-hydrogen) atoms. The molecule has 0 atom stereocenters. The number of nitrogens with zero attached hydrogens (tertiary/aromatic N) is 3. The van der Waals surface area contributed by atoms with Crippen molar-refractivity contribution in [1.82, 2.24) is 19.9 Å². The second kappa shape index (κ2) is 6.39. The van der Waals surface area contributed by atoms with E-state index in [4.69, 9.17) is 0 Å². The summed E-state index contributed by atoms with van der Waals surface area (Å²) >= 11 is 0. The molecule has 2 heterocycles. The van der Waals surface area contributed by atoms with Crippen molar-refractivity contribution in [2.24, 2.45) is 0 Å². The highest BCUT2D eigenvalue weighted by molar-refractivity contribution is 5.93. The van der Waals surface area contributed by atoms with Crippen molar-refractivity contribution in [3.8, 4) is 0 Å². The van der Waals surface area contributed by atoms with Gasteiger partial charge in [-0.2, -0.15) is 0 Å². The summed E-state index contributed by atoms with van der Waals surface area (Å²) in [6.07, 6.45) is 3.15. The predicted molar refractivity (Wildman–Crippen MR) is 87.0 cm³/mol. The van der Waals surface area contributed by atoms with E-state index in [-0.39, 0.29) is 18.0 Å². The van der Waals surface area contributed by atoms with Gasteiger partial charge >= 0.3 is 0 Å². The molecule has 0 bridgehead atoms. The van der Waals surface area contributed by atoms with Crippen molar-refractivity contribution in [3.05, 3.63) is 70.5 Å². The molecule has 6 nitrogen and oxygen atoms in total. The van der Waals surface area contributed by atoms with Crippen LogP contribution in [-0.4, -0.2) is 32.3 Å². The molecule has 0 radical (unpaired) electrons. The highest BCUT2D eigenvalue weighted by Gasteiger charge is 2.16. The number of H-pyrrole nitrogens is 1. The van der Waals surface area contributed by atoms with Gasteiger partial charge in [-0.1, -0.05) is 12.1 Å². The zero-order valence-electron chi connectivity index (χ0n) is 12.7. The number of hydrogen-bond acceptors (Lipinski definition) is 4. The van der Waals surface area contributed by atoms with E-state index in [1.807, 2.05) is 13.0 Å². The first-order chi connectivity index (χ1) is 11.2. The van der Waals surface area contributed by atoms with Crippen LogP contribution in [0.1, 0.15) is 23.1 Å². The number of aromatic nitrogens is 3. The summed E-state index contributed by atoms with van der Waals surface area (Å²) in [7, 11) is 0. The number of carbonyl (C=O) groups excluding carboxylic acids is 1. The molecule has 1 aromatic carbocycles. The largest absolute Gasteiger partial charge is 0.331 e. The third kappa shape index (κ3) is 3.11. The summed E-state index contributed by atoms with van der Waals surface area (Å²) in [5.74, 6) is 0.323. The highest BCUT2D eigenvalue weighted by atomic mass is 16.2. The lowest BCUT2D eigenvalue weighted by atomic mass is 10.2. The van der Waals surface area contributed by atoms with Gasteiger partial charge in [0.05, 0.1) is 23.0 Å². The summed E-state index contributed by atoms with van der Waals surface area (Å²) in [5.41, 5.74) is 0.934. The Labute approximate surface area is 132 Å². The van der Waals surface area contributed by atoms with Gasteiger partial charge in [0.2, 0.25) is 0 Å². The van der Waals surface area contributed by atoms with Crippen LogP contribution < -0.4 is 5.56 Å². The number of aromatic amines is 1. The van der Waals surface area contributed by atoms with Crippen LogP contribution in [-0.2, 0) is 6.54 Å². The molecule has 3 aromatic rings. The van der Waals surface area contributed by atoms with E-state index >= 15 is 0 Å². The highest BCUT2D eigenvalue weighted by Crippen LogP contribution is 2.09. The van der Waals surface area contributed by atoms with Gasteiger partial charge in [-0.05, 0) is 31.2 Å². The normalized spacial score (nSPS) is 10.7. The number of hydrogen-bond donors (Lipinski definition) is 1. The van der Waals surface area contributed by atoms with E-state index in [1.54, 1.807) is 41.4 Å². The minimum Gasteiger partial charge on any atom is -0.331 e. The van der Waals surface area contributed by atoms with Crippen LogP contribution in [0.4, 0.5) is 0 Å². The fourth-order valence-electron chi connectivity index (χ4n) is 2.39. The van der Waals surface area contributed by atoms with Crippen molar-refractivity contribution in [2.45, 2.75) is 13.5 Å². The van der Waals surface area contributed by atoms with Gasteiger partial charge in [-0.15, -0.1) is 0 Å². The van der Waals surface area contributed by atoms with Crippen molar-refractivity contribution in [3.63, 3.8) is 0 Å². The zero-order valence-corrected chi connectivity index (χ0v) is 12.7. The van der Waals surface area contributed by atoms with Crippen LogP contribution in [0.25, 0.3) is 10.9 Å². The first kappa shape index (κ1) is 14.9. The Balaban J connectivity index is 1.90. The number of fused-ring (bicyclic) bond motifs is 1. The molecule has 0 aliphatic rings. The first-order valence-corrected chi connectivity index (χ1v) is 7.36. The molecule has 0 spiro atoms. The van der Waals surface area contributed by atoms with Crippen molar-refractivity contribution in [1.29, 1.82) is 0 Å². The zero-order chi connectivity index (χ0) is 16.2. The molecule has 0 unspecified atom stereocenters. The second-order valence-corrected chi connectivity index (χ2v) is 5.09. The van der Waals surface area contributed by atoms with Gasteiger partial charge in [-0.3, -0.25) is 14.6 Å². The van der Waals surface area contributed by atoms with E-state index in [1.165, 1.54) is 6.20 Å². The molecule has 0 saturated heterocycles. The topological polar surface area (TPSA) is 79.0 Å². The van der Waals surface area contributed by atoms with Gasteiger partial charge < -0.3 is 9.88 Å². The quantitative estimate of drug-likeness (QED) is 0.799. The van der Waals surface area contributed by atoms with Gasteiger partial charge in [0.1, 0.15) is 5.82 Å². The van der Waals surface area contributed by atoms with Gasteiger partial charge in [0.25, 0.3) is 11.5 Å². The molecular weight excluding hydrogens is 292 g/mol. The van der Waals surface area contributed by atoms with E-state index in [0.717, 1.165) is 0 Å². The Morgan fingerprint density at radius 3 is 2.78 bits per heavy atom. The monoisotopic (exact) mass is 308 g/mol. The molecule has 0 saturated carbocycles. The summed E-state index contributed by atoms with van der Waals surface area (Å²) in [6.45, 7) is 2.63. The summed E-state index contributed by atoms with van der Waals surface area (Å²) < 4.78 is 0. The Morgan fingerprint density at radius 2 is 2.04 bits per heavy atom. The molecule has 6 heteroatoms. The molecule has 1 amide bonds. The van der Waals surface area contributed by atoms with Crippen molar-refractivity contribution < 1.29 is 4.79 Å². The Hall–Kier alpha value is -3.02. The number of benzene rings is 1. The maximum atomic E-state index is 12.5. The minimum atomic E-state index is -0.199. The average Bonchev–Trinajstić information content (AvgIpc) is 2.60. The number of nitrogens with one attached hydrogen (secondary N) is 1. The molecule has 2 aromatic heterocycles. The molecule has 0 aliphatic carbocycles. The molecule has 116 valence electrons. The minimum absolute atomic E-state index is 0.142. The van der Waals surface area contributed by atoms with Crippen molar-refractivity contribution >= 4 is 16.8 Å². The lowest BCUT2D eigenvalue weighted by molar-refractivity contribution is 0.0748. The van der Waals surface area contributed by atoms with E-state index in [0.29, 0.717) is 28.8 Å². The Bertz CT molecular complexity index is 890. The Kier molecular flexibility index (Phi) is 4.14. The van der Waals surface area contributed by atoms with Crippen LogP contribution in [0.5, 0.6) is 0 Å². The van der Waals surface area contributed by atoms with Gasteiger partial charge in [0.15, 0.2) is 0 Å². The van der Waals surface area contributed by atoms with Crippen molar-refractivity contribution in [2.75, 3.05) is 6.54 Å². The standard InChI is InChI=1S/C17H16N4O2/c1-2-21(17(23)12-6-5-9-18-10-12)11-15-19-14-8-4-3-7-13(14)16(22)20-15/h3-10H,2,11H2,1H3,(H,19,20,22). The van der Waals surface area contributed by atoms with Crippen LogP contribution in [0.3, 0.4) is 0 Å². The lowest BCUT2D eigenvalue weighted by Crippen LogP contribution is -2.32. The number of pyridine rings is 1. The number of rotatable bonds is 4. The van der Waals surface area contributed by atoms with E-state index < -0.39 is 0 Å². The molecule has 1 N–H and O–H groups in total. The summed E-state index contributed by atoms with van der Waals surface area (Å²) in [4.78, 5) is 37.4. The number of para-hydroxylation sites is 1. The fourth-order valence-corrected chi connectivity index (χ4v) is 2.39. The molecule has 0 aliphatic heterocycles. The first-order valence-electron chi connectivity index (χ1n) is 7.36. The predicted octanol–water partition coefficient (Wildman–Crippen LogP) is 1.98. The summed E-state index contributed by atoms with van der Waals surface area (Å²) in [5, 5.41) is 0.540. The molecule has 3 rings (SSSR count). The third-order valence-corrected chi connectivity index (χ3v) is 3.58. The smallest absolute Gasteiger partial charge is 0.258 e. The fraction of sp³-hybridized carbons (Fsp3) is 0.176. The molecular formula is C17H16N4O2. The Morgan fingerprint density at radius 1 is 1.22 bits per heavy atom. The number of carbonyl (C=O) groups is 1. The molecule has 0 fully saturated rings. The maximum Gasteiger partial charge on any atom is 0.258 e. The van der Waals surface area contributed by atoms with Crippen LogP contribution in [0.2, 0.25) is 0 Å². The third-order valence-electron chi connectivity index (χ3n) is 3.58. The van der Waals surface area contributed by atoms with Gasteiger partial charge in [0, 0.05) is 18.9 Å².